The second-order valence-electron chi connectivity index (χ2n) is 16.3. The van der Waals surface area contributed by atoms with Gasteiger partial charge in [0.1, 0.15) is 24.3 Å². The average molecular weight is 821 g/mol. The number of rotatable bonds is 23. The molecule has 4 amide bonds. The zero-order chi connectivity index (χ0) is 43.6. The van der Waals surface area contributed by atoms with Crippen molar-refractivity contribution in [3.63, 3.8) is 0 Å². The van der Waals surface area contributed by atoms with E-state index in [1.54, 1.807) is 0 Å². The van der Waals surface area contributed by atoms with Crippen LogP contribution in [0.25, 0.3) is 0 Å². The van der Waals surface area contributed by atoms with Crippen LogP contribution in [0.5, 0.6) is 0 Å². The highest BCUT2D eigenvalue weighted by molar-refractivity contribution is 5.90. The third-order valence-electron chi connectivity index (χ3n) is 10.9. The van der Waals surface area contributed by atoms with Crippen LogP contribution in [-0.4, -0.2) is 83.3 Å². The van der Waals surface area contributed by atoms with Gasteiger partial charge in [0, 0.05) is 13.1 Å². The number of benzene rings is 4. The Hall–Kier alpha value is -5.40. The van der Waals surface area contributed by atoms with Crippen LogP contribution in [0.1, 0.15) is 49.9 Å². The second-order valence-corrected chi connectivity index (χ2v) is 16.3. The molecule has 0 aliphatic rings. The van der Waals surface area contributed by atoms with E-state index in [-0.39, 0.29) is 49.6 Å². The fourth-order valence-corrected chi connectivity index (χ4v) is 7.25. The van der Waals surface area contributed by atoms with Crippen LogP contribution >= 0.6 is 0 Å². The van der Waals surface area contributed by atoms with Gasteiger partial charge >= 0.3 is 0 Å². The molecule has 8 atom stereocenters. The molecule has 0 radical (unpaired) electrons. The number of carbonyl (C=O) groups is 4. The number of nitrogens with one attached hydrogen (secondary N) is 4. The number of nitrogens with two attached hydrogens (primary N) is 2. The highest BCUT2D eigenvalue weighted by atomic mass is 16.3. The maximum atomic E-state index is 14.1. The molecule has 0 fully saturated rings. The van der Waals surface area contributed by atoms with Gasteiger partial charge in [-0.25, -0.2) is 0 Å². The molecule has 12 nitrogen and oxygen atoms in total. The summed E-state index contributed by atoms with van der Waals surface area (Å²) >= 11 is 0. The molecule has 60 heavy (non-hydrogen) atoms. The van der Waals surface area contributed by atoms with Crippen molar-refractivity contribution < 1.29 is 29.4 Å². The van der Waals surface area contributed by atoms with E-state index in [2.05, 4.69) is 21.3 Å². The van der Waals surface area contributed by atoms with Crippen LogP contribution < -0.4 is 32.7 Å². The minimum atomic E-state index is -1.60. The normalized spacial score (nSPS) is 15.4. The van der Waals surface area contributed by atoms with E-state index in [1.165, 1.54) is 0 Å². The molecule has 0 aliphatic heterocycles. The maximum absolute atomic E-state index is 14.1. The Bertz CT molecular complexity index is 1760. The summed E-state index contributed by atoms with van der Waals surface area (Å²) in [5.74, 6) is -3.68. The molecule has 4 rings (SSSR count). The van der Waals surface area contributed by atoms with Gasteiger partial charge in [-0.2, -0.15) is 0 Å². The topological polar surface area (TPSA) is 209 Å². The van der Waals surface area contributed by atoms with E-state index in [0.29, 0.717) is 12.8 Å². The molecule has 0 heterocycles. The van der Waals surface area contributed by atoms with E-state index in [9.17, 15) is 29.4 Å². The fourth-order valence-electron chi connectivity index (χ4n) is 7.25. The van der Waals surface area contributed by atoms with E-state index >= 15 is 0 Å². The number of hydrogen-bond acceptors (Lipinski definition) is 8. The van der Waals surface area contributed by atoms with Crippen LogP contribution in [0.4, 0.5) is 0 Å². The summed E-state index contributed by atoms with van der Waals surface area (Å²) < 4.78 is 0. The first-order valence-electron chi connectivity index (χ1n) is 20.9. The van der Waals surface area contributed by atoms with Crippen molar-refractivity contribution in [3.05, 3.63) is 144 Å². The molecular weight excluding hydrogens is 757 g/mol. The number of carbonyl (C=O) groups excluding carboxylic acids is 4. The van der Waals surface area contributed by atoms with Gasteiger partial charge in [0.25, 0.3) is 0 Å². The average Bonchev–Trinajstić information content (AvgIpc) is 3.25. The van der Waals surface area contributed by atoms with Crippen LogP contribution in [0.15, 0.2) is 121 Å². The number of hydrogen-bond donors (Lipinski definition) is 8. The summed E-state index contributed by atoms with van der Waals surface area (Å²) in [5, 5.41) is 35.8. The first-order valence-corrected chi connectivity index (χ1v) is 20.9. The predicted molar refractivity (Wildman–Crippen MR) is 235 cm³/mol. The second kappa shape index (κ2) is 24.0. The quantitative estimate of drug-likeness (QED) is 0.0557. The molecule has 0 spiro atoms. The van der Waals surface area contributed by atoms with Gasteiger partial charge in [0.2, 0.25) is 23.6 Å². The fraction of sp³-hybridized carbons (Fsp3) is 0.417. The van der Waals surface area contributed by atoms with Gasteiger partial charge in [-0.05, 0) is 59.8 Å². The molecule has 10 N–H and O–H groups in total. The molecule has 0 saturated heterocycles. The monoisotopic (exact) mass is 820 g/mol. The number of aliphatic hydroxyl groups excluding tert-OH is 2. The lowest BCUT2D eigenvalue weighted by molar-refractivity contribution is -0.134. The van der Waals surface area contributed by atoms with Gasteiger partial charge in [-0.15, -0.1) is 0 Å². The molecule has 12 heteroatoms. The summed E-state index contributed by atoms with van der Waals surface area (Å²) in [6.07, 6.45) is -2.14. The highest BCUT2D eigenvalue weighted by Gasteiger charge is 2.38. The molecule has 0 aliphatic carbocycles. The summed E-state index contributed by atoms with van der Waals surface area (Å²) in [7, 11) is 0. The zero-order valence-electron chi connectivity index (χ0n) is 35.2. The highest BCUT2D eigenvalue weighted by Crippen LogP contribution is 2.18. The lowest BCUT2D eigenvalue weighted by atomic mass is 9.90. The standard InChI is InChI=1S/C48H64N6O6/c1-31(2)41(53-45(57)37(29-49)25-33-17-9-5-10-18-33)47(59)51-39(27-35-21-13-7-14-22-35)43(55)44(56)40(28-36-23-15-8-16-24-36)52-48(60)42(32(3)4)54-46(58)38(30-50)26-34-19-11-6-12-20-34/h5-24,31-32,37-44,55-56H,25-30,49-50H2,1-4H3,(H,51,59)(H,52,60)(H,53,57)(H,54,58)/t37?,38?,39-,40-,41-,42-,43+,44+/m0/s1. The molecule has 2 unspecified atom stereocenters. The van der Waals surface area contributed by atoms with Crippen molar-refractivity contribution >= 4 is 23.6 Å². The Morgan fingerprint density at radius 2 is 0.700 bits per heavy atom. The van der Waals surface area contributed by atoms with Gasteiger partial charge in [0.05, 0.1) is 23.9 Å². The SMILES string of the molecule is CC(C)[C@H](NC(=O)C(CN)Cc1ccccc1)C(=O)N[C@@H](Cc1ccccc1)[C@@H](O)[C@H](O)[C@H](Cc1ccccc1)NC(=O)[C@@H](NC(=O)C(CN)Cc1ccccc1)C(C)C. The number of aliphatic hydroxyl groups is 2. The summed E-state index contributed by atoms with van der Waals surface area (Å²) in [6.45, 7) is 7.39. The van der Waals surface area contributed by atoms with Crippen molar-refractivity contribution in [1.29, 1.82) is 0 Å². The van der Waals surface area contributed by atoms with E-state index < -0.39 is 60.0 Å². The van der Waals surface area contributed by atoms with E-state index in [4.69, 9.17) is 11.5 Å². The van der Waals surface area contributed by atoms with Gasteiger partial charge in [-0.1, -0.05) is 149 Å². The minimum absolute atomic E-state index is 0.0753. The zero-order valence-corrected chi connectivity index (χ0v) is 35.2. The molecule has 0 bridgehead atoms. The predicted octanol–water partition coefficient (Wildman–Crippen LogP) is 3.08. The minimum Gasteiger partial charge on any atom is -0.388 e. The first kappa shape index (κ1) is 47.3. The molecule has 4 aromatic rings. The molecular formula is C48H64N6O6. The van der Waals surface area contributed by atoms with Crippen LogP contribution in [0.2, 0.25) is 0 Å². The first-order chi connectivity index (χ1) is 28.8. The summed E-state index contributed by atoms with van der Waals surface area (Å²) in [6, 6.07) is 33.4. The van der Waals surface area contributed by atoms with E-state index in [1.807, 2.05) is 149 Å². The number of amides is 4. The molecule has 4 aromatic carbocycles. The van der Waals surface area contributed by atoms with Crippen molar-refractivity contribution in [1.82, 2.24) is 21.3 Å². The van der Waals surface area contributed by atoms with Crippen molar-refractivity contribution in [2.45, 2.75) is 89.8 Å². The largest absolute Gasteiger partial charge is 0.388 e. The van der Waals surface area contributed by atoms with Gasteiger partial charge in [-0.3, -0.25) is 19.2 Å². The molecule has 0 saturated carbocycles. The van der Waals surface area contributed by atoms with Crippen LogP contribution in [0, 0.1) is 23.7 Å². The Balaban J connectivity index is 1.58. The van der Waals surface area contributed by atoms with Crippen LogP contribution in [0.3, 0.4) is 0 Å². The Morgan fingerprint density at radius 3 is 0.950 bits per heavy atom. The van der Waals surface area contributed by atoms with Crippen molar-refractivity contribution in [3.8, 4) is 0 Å². The summed E-state index contributed by atoms with van der Waals surface area (Å²) in [4.78, 5) is 55.4. The van der Waals surface area contributed by atoms with Crippen molar-refractivity contribution in [2.75, 3.05) is 13.1 Å². The van der Waals surface area contributed by atoms with E-state index in [0.717, 1.165) is 22.3 Å². The lowest BCUT2D eigenvalue weighted by Crippen LogP contribution is -2.62. The third kappa shape index (κ3) is 14.4. The smallest absolute Gasteiger partial charge is 0.243 e. The Kier molecular flexibility index (Phi) is 18.9. The summed E-state index contributed by atoms with van der Waals surface area (Å²) in [5.41, 5.74) is 15.5. The Morgan fingerprint density at radius 1 is 0.433 bits per heavy atom. The lowest BCUT2D eigenvalue weighted by Gasteiger charge is -2.35. The van der Waals surface area contributed by atoms with Crippen molar-refractivity contribution in [2.24, 2.45) is 35.1 Å². The third-order valence-corrected chi connectivity index (χ3v) is 10.9. The molecule has 0 aromatic heterocycles. The van der Waals surface area contributed by atoms with Crippen LogP contribution in [-0.2, 0) is 44.9 Å². The van der Waals surface area contributed by atoms with Gasteiger partial charge in [0.15, 0.2) is 0 Å². The maximum Gasteiger partial charge on any atom is 0.243 e. The molecule has 322 valence electrons. The Labute approximate surface area is 354 Å². The van der Waals surface area contributed by atoms with Gasteiger partial charge < -0.3 is 42.9 Å².